The Balaban J connectivity index is 1.70. The molecule has 0 bridgehead atoms. The van der Waals surface area contributed by atoms with E-state index in [9.17, 15) is 8.42 Å². The Morgan fingerprint density at radius 3 is 2.63 bits per heavy atom. The summed E-state index contributed by atoms with van der Waals surface area (Å²) in [7, 11) is -2.62. The summed E-state index contributed by atoms with van der Waals surface area (Å²) in [5.74, 6) is 0.928. The van der Waals surface area contributed by atoms with Gasteiger partial charge < -0.3 is 4.90 Å². The summed E-state index contributed by atoms with van der Waals surface area (Å²) >= 11 is 0. The van der Waals surface area contributed by atoms with Crippen molar-refractivity contribution in [3.8, 4) is 11.1 Å². The number of hydrogen-bond acceptors (Lipinski definition) is 5. The van der Waals surface area contributed by atoms with E-state index in [4.69, 9.17) is 4.98 Å². The highest BCUT2D eigenvalue weighted by Crippen LogP contribution is 2.27. The first kappa shape index (κ1) is 17.9. The van der Waals surface area contributed by atoms with Crippen LogP contribution in [0.5, 0.6) is 0 Å². The van der Waals surface area contributed by atoms with Crippen LogP contribution in [0.4, 0.5) is 5.82 Å². The number of benzene rings is 2. The second-order valence-corrected chi connectivity index (χ2v) is 7.56. The summed E-state index contributed by atoms with van der Waals surface area (Å²) in [4.78, 5) is 11.7. The van der Waals surface area contributed by atoms with E-state index in [0.717, 1.165) is 46.6 Å². The minimum Gasteiger partial charge on any atom is -0.355 e. The molecule has 3 aromatic rings. The van der Waals surface area contributed by atoms with E-state index in [2.05, 4.69) is 14.6 Å². The van der Waals surface area contributed by atoms with Crippen molar-refractivity contribution in [3.05, 3.63) is 54.2 Å². The molecule has 1 N–H and O–H groups in total. The predicted octanol–water partition coefficient (Wildman–Crippen LogP) is 2.90. The highest BCUT2D eigenvalue weighted by Gasteiger charge is 2.13. The van der Waals surface area contributed by atoms with Crippen molar-refractivity contribution in [1.29, 1.82) is 0 Å². The van der Waals surface area contributed by atoms with Gasteiger partial charge in [-0.1, -0.05) is 30.3 Å². The lowest BCUT2D eigenvalue weighted by Crippen LogP contribution is -2.30. The molecule has 1 aliphatic heterocycles. The molecule has 1 aliphatic rings. The monoisotopic (exact) mass is 382 g/mol. The summed E-state index contributed by atoms with van der Waals surface area (Å²) in [5, 5.41) is 0. The van der Waals surface area contributed by atoms with Crippen LogP contribution in [0.25, 0.3) is 22.2 Å². The number of fused-ring (bicyclic) bond motifs is 1. The third kappa shape index (κ3) is 4.09. The molecule has 7 heteroatoms. The molecule has 1 saturated heterocycles. The molecule has 0 saturated carbocycles. The number of nitrogens with one attached hydrogen (secondary N) is 1. The zero-order chi connectivity index (χ0) is 18.6. The molecule has 1 fully saturated rings. The van der Waals surface area contributed by atoms with Gasteiger partial charge >= 0.3 is 0 Å². The topological polar surface area (TPSA) is 75.2 Å². The maximum absolute atomic E-state index is 10.9. The van der Waals surface area contributed by atoms with Gasteiger partial charge in [0.15, 0.2) is 0 Å². The molecule has 0 radical (unpaired) electrons. The lowest BCUT2D eigenvalue weighted by atomic mass is 9.99. The lowest BCUT2D eigenvalue weighted by Gasteiger charge is -2.27. The van der Waals surface area contributed by atoms with Crippen molar-refractivity contribution in [1.82, 2.24) is 14.7 Å². The Hall–Kier alpha value is -2.51. The molecule has 2 aromatic carbocycles. The Morgan fingerprint density at radius 2 is 1.81 bits per heavy atom. The number of piperidine rings is 1. The van der Waals surface area contributed by atoms with Crippen molar-refractivity contribution in [2.24, 2.45) is 0 Å². The predicted molar refractivity (Wildman–Crippen MR) is 108 cm³/mol. The largest absolute Gasteiger partial charge is 0.355 e. The van der Waals surface area contributed by atoms with Crippen LogP contribution in [-0.4, -0.2) is 31.5 Å². The maximum atomic E-state index is 10.9. The Kier molecular flexibility index (Phi) is 5.31. The molecule has 1 aromatic heterocycles. The smallest absolute Gasteiger partial charge is 0.201 e. The van der Waals surface area contributed by atoms with Gasteiger partial charge in [-0.05, 0) is 48.1 Å². The molecule has 0 spiro atoms. The quantitative estimate of drug-likeness (QED) is 0.664. The Bertz CT molecular complexity index is 1020. The van der Waals surface area contributed by atoms with Gasteiger partial charge in [-0.25, -0.2) is 18.1 Å². The SMILES string of the molecule is O=[SH](=O)NCc1ccccc1-c1ccc2ncc(N3CCCCC3)nc2c1. The highest BCUT2D eigenvalue weighted by molar-refractivity contribution is 7.70. The third-order valence-corrected chi connectivity index (χ3v) is 5.35. The van der Waals surface area contributed by atoms with Gasteiger partial charge in [0.25, 0.3) is 0 Å². The number of rotatable bonds is 5. The van der Waals surface area contributed by atoms with E-state index >= 15 is 0 Å². The molecule has 0 aliphatic carbocycles. The Labute approximate surface area is 160 Å². The van der Waals surface area contributed by atoms with Gasteiger partial charge in [-0.2, -0.15) is 0 Å². The van der Waals surface area contributed by atoms with Crippen molar-refractivity contribution in [2.45, 2.75) is 25.8 Å². The van der Waals surface area contributed by atoms with Crippen LogP contribution < -0.4 is 9.62 Å². The van der Waals surface area contributed by atoms with Gasteiger partial charge in [-0.15, -0.1) is 0 Å². The molecule has 2 heterocycles. The summed E-state index contributed by atoms with van der Waals surface area (Å²) < 4.78 is 24.3. The number of hydrogen-bond donors (Lipinski definition) is 2. The van der Waals surface area contributed by atoms with Gasteiger partial charge in [-0.3, -0.25) is 4.98 Å². The molecule has 4 rings (SSSR count). The highest BCUT2D eigenvalue weighted by atomic mass is 32.2. The second kappa shape index (κ2) is 8.02. The standard InChI is InChI=1S/C20H22N4O2S/c25-27(26)22-13-16-6-2-3-7-17(16)15-8-9-18-19(12-15)23-20(14-21-18)24-10-4-1-5-11-24/h2-3,6-9,12,14,27H,1,4-5,10-11,13H2,(H,22,25,26). The molecular weight excluding hydrogens is 360 g/mol. The summed E-state index contributed by atoms with van der Waals surface area (Å²) in [5.41, 5.74) is 4.64. The van der Waals surface area contributed by atoms with Crippen molar-refractivity contribution >= 4 is 27.7 Å². The van der Waals surface area contributed by atoms with Gasteiger partial charge in [0.05, 0.1) is 17.2 Å². The minimum absolute atomic E-state index is 0.270. The molecule has 140 valence electrons. The van der Waals surface area contributed by atoms with Crippen LogP contribution in [0.3, 0.4) is 0 Å². The van der Waals surface area contributed by atoms with Gasteiger partial charge in [0.2, 0.25) is 10.9 Å². The first-order chi connectivity index (χ1) is 13.2. The first-order valence-electron chi connectivity index (χ1n) is 9.19. The second-order valence-electron chi connectivity index (χ2n) is 6.73. The summed E-state index contributed by atoms with van der Waals surface area (Å²) in [6.45, 7) is 2.33. The van der Waals surface area contributed by atoms with E-state index < -0.39 is 10.9 Å². The zero-order valence-corrected chi connectivity index (χ0v) is 15.9. The van der Waals surface area contributed by atoms with Crippen LogP contribution >= 0.6 is 0 Å². The van der Waals surface area contributed by atoms with E-state index in [1.54, 1.807) is 0 Å². The summed E-state index contributed by atoms with van der Waals surface area (Å²) in [6, 6.07) is 13.8. The average Bonchev–Trinajstić information content (AvgIpc) is 2.72. The number of anilines is 1. The van der Waals surface area contributed by atoms with Gasteiger partial charge in [0.1, 0.15) is 5.82 Å². The van der Waals surface area contributed by atoms with Crippen LogP contribution in [0.15, 0.2) is 48.7 Å². The zero-order valence-electron chi connectivity index (χ0n) is 15.0. The van der Waals surface area contributed by atoms with Crippen molar-refractivity contribution < 1.29 is 8.42 Å². The Morgan fingerprint density at radius 1 is 1.00 bits per heavy atom. The number of aromatic nitrogens is 2. The fraction of sp³-hybridized carbons (Fsp3) is 0.300. The van der Waals surface area contributed by atoms with Crippen molar-refractivity contribution in [3.63, 3.8) is 0 Å². The summed E-state index contributed by atoms with van der Waals surface area (Å²) in [6.07, 6.45) is 5.53. The normalized spacial score (nSPS) is 14.8. The van der Waals surface area contributed by atoms with Crippen LogP contribution in [0.2, 0.25) is 0 Å². The number of nitrogens with zero attached hydrogens (tertiary/aromatic N) is 3. The van der Waals surface area contributed by atoms with Crippen LogP contribution in [0, 0.1) is 0 Å². The molecular formula is C20H22N4O2S. The van der Waals surface area contributed by atoms with Crippen LogP contribution in [0.1, 0.15) is 24.8 Å². The van der Waals surface area contributed by atoms with E-state index in [-0.39, 0.29) is 6.54 Å². The maximum Gasteiger partial charge on any atom is 0.201 e. The molecule has 0 amide bonds. The molecule has 0 atom stereocenters. The minimum atomic E-state index is -2.62. The van der Waals surface area contributed by atoms with E-state index in [0.29, 0.717) is 0 Å². The fourth-order valence-electron chi connectivity index (χ4n) is 3.55. The van der Waals surface area contributed by atoms with E-state index in [1.807, 2.05) is 48.7 Å². The molecule has 6 nitrogen and oxygen atoms in total. The van der Waals surface area contributed by atoms with Crippen molar-refractivity contribution in [2.75, 3.05) is 18.0 Å². The fourth-order valence-corrected chi connectivity index (χ4v) is 3.85. The molecule has 0 unspecified atom stereocenters. The molecule has 27 heavy (non-hydrogen) atoms. The first-order valence-corrected chi connectivity index (χ1v) is 10.4. The van der Waals surface area contributed by atoms with E-state index in [1.165, 1.54) is 19.3 Å². The van der Waals surface area contributed by atoms with Crippen LogP contribution in [-0.2, 0) is 17.4 Å². The average molecular weight is 382 g/mol. The third-order valence-electron chi connectivity index (χ3n) is 4.94. The number of thiol groups is 1. The lowest BCUT2D eigenvalue weighted by molar-refractivity contribution is 0.573. The van der Waals surface area contributed by atoms with Gasteiger partial charge in [0, 0.05) is 19.6 Å².